The van der Waals surface area contributed by atoms with E-state index in [9.17, 15) is 0 Å². The average molecular weight is 215 g/mol. The molecule has 0 atom stereocenters. The minimum atomic E-state index is 0.440. The Balaban J connectivity index is 3.09. The summed E-state index contributed by atoms with van der Waals surface area (Å²) in [5.74, 6) is 1.06. The molecule has 0 radical (unpaired) electrons. The molecule has 0 fully saturated rings. The lowest BCUT2D eigenvalue weighted by atomic mass is 10.1. The summed E-state index contributed by atoms with van der Waals surface area (Å²) in [5.41, 5.74) is 6.79. The van der Waals surface area contributed by atoms with E-state index in [1.165, 1.54) is 0 Å². The number of halogens is 1. The molecule has 0 aliphatic heterocycles. The zero-order valence-corrected chi connectivity index (χ0v) is 8.22. The quantitative estimate of drug-likeness (QED) is 0.731. The summed E-state index contributed by atoms with van der Waals surface area (Å²) >= 11 is 3.25. The van der Waals surface area contributed by atoms with Crippen molar-refractivity contribution in [1.29, 1.82) is 0 Å². The first-order valence-electron chi connectivity index (χ1n) is 3.53. The van der Waals surface area contributed by atoms with E-state index in [1.54, 1.807) is 0 Å². The van der Waals surface area contributed by atoms with Crippen LogP contribution < -0.4 is 5.73 Å². The Hall–Kier alpha value is -0.570. The fourth-order valence-corrected chi connectivity index (χ4v) is 1.27. The summed E-state index contributed by atoms with van der Waals surface area (Å²) in [4.78, 5) is 4.09. The van der Waals surface area contributed by atoms with Crippen molar-refractivity contribution >= 4 is 21.7 Å². The predicted octanol–water partition coefficient (Wildman–Crippen LogP) is 2.55. The summed E-state index contributed by atoms with van der Waals surface area (Å²) in [6.45, 7) is 4.20. The van der Waals surface area contributed by atoms with Crippen molar-refractivity contribution in [3.63, 3.8) is 0 Å². The van der Waals surface area contributed by atoms with E-state index in [0.29, 0.717) is 11.7 Å². The first kappa shape index (κ1) is 8.53. The van der Waals surface area contributed by atoms with Crippen molar-refractivity contribution in [2.45, 2.75) is 19.8 Å². The third-order valence-electron chi connectivity index (χ3n) is 1.55. The fourth-order valence-electron chi connectivity index (χ4n) is 0.949. The van der Waals surface area contributed by atoms with Crippen LogP contribution in [0.15, 0.2) is 16.7 Å². The molecule has 0 spiro atoms. The van der Waals surface area contributed by atoms with Crippen molar-refractivity contribution in [3.05, 3.63) is 22.3 Å². The largest absolute Gasteiger partial charge is 0.383 e. The van der Waals surface area contributed by atoms with Gasteiger partial charge in [0, 0.05) is 0 Å². The monoisotopic (exact) mass is 214 g/mol. The Morgan fingerprint density at radius 2 is 2.09 bits per heavy atom. The van der Waals surface area contributed by atoms with Gasteiger partial charge in [0.2, 0.25) is 0 Å². The molecule has 1 aromatic heterocycles. The number of hydrogen-bond donors (Lipinski definition) is 1. The molecule has 0 amide bonds. The highest BCUT2D eigenvalue weighted by molar-refractivity contribution is 9.10. The van der Waals surface area contributed by atoms with Crippen LogP contribution in [0.5, 0.6) is 0 Å². The Bertz CT molecular complexity index is 258. The molecular formula is C8H11BrN2. The smallest absolute Gasteiger partial charge is 0.128 e. The maximum atomic E-state index is 5.68. The normalized spacial score (nSPS) is 10.5. The van der Waals surface area contributed by atoms with Gasteiger partial charge in [0.25, 0.3) is 0 Å². The molecule has 1 heterocycles. The summed E-state index contributed by atoms with van der Waals surface area (Å²) in [6.07, 6.45) is 0. The number of hydrogen-bond acceptors (Lipinski definition) is 2. The molecule has 0 unspecified atom stereocenters. The molecule has 60 valence electrons. The lowest BCUT2D eigenvalue weighted by Gasteiger charge is -2.07. The standard InChI is InChI=1S/C8H11BrN2/c1-5(2)6-3-4-7(9)11-8(6)10/h3-5H,1-2H3,(H2,10,11). The first-order valence-corrected chi connectivity index (χ1v) is 4.32. The average Bonchev–Trinajstić information content (AvgIpc) is 1.85. The van der Waals surface area contributed by atoms with Gasteiger partial charge in [-0.3, -0.25) is 0 Å². The van der Waals surface area contributed by atoms with E-state index in [4.69, 9.17) is 5.73 Å². The number of nitrogen functional groups attached to an aromatic ring is 1. The second kappa shape index (κ2) is 3.22. The minimum Gasteiger partial charge on any atom is -0.383 e. The highest BCUT2D eigenvalue weighted by Gasteiger charge is 2.04. The SMILES string of the molecule is CC(C)c1ccc(Br)nc1N. The number of pyridine rings is 1. The van der Waals surface area contributed by atoms with Crippen LogP contribution in [0.1, 0.15) is 25.3 Å². The van der Waals surface area contributed by atoms with Gasteiger partial charge in [0.1, 0.15) is 10.4 Å². The maximum Gasteiger partial charge on any atom is 0.128 e. The number of aromatic nitrogens is 1. The summed E-state index contributed by atoms with van der Waals surface area (Å²) in [7, 11) is 0. The Morgan fingerprint density at radius 1 is 1.45 bits per heavy atom. The second-order valence-corrected chi connectivity index (χ2v) is 3.58. The van der Waals surface area contributed by atoms with Gasteiger partial charge < -0.3 is 5.73 Å². The van der Waals surface area contributed by atoms with Crippen LogP contribution in [0.3, 0.4) is 0 Å². The van der Waals surface area contributed by atoms with Gasteiger partial charge in [-0.2, -0.15) is 0 Å². The highest BCUT2D eigenvalue weighted by atomic mass is 79.9. The van der Waals surface area contributed by atoms with E-state index in [-0.39, 0.29) is 0 Å². The molecule has 1 aromatic rings. The number of nitrogens with zero attached hydrogens (tertiary/aromatic N) is 1. The van der Waals surface area contributed by atoms with Crippen LogP contribution >= 0.6 is 15.9 Å². The van der Waals surface area contributed by atoms with E-state index < -0.39 is 0 Å². The van der Waals surface area contributed by atoms with Gasteiger partial charge in [0.15, 0.2) is 0 Å². The van der Waals surface area contributed by atoms with Crippen LogP contribution in [0.25, 0.3) is 0 Å². The van der Waals surface area contributed by atoms with Crippen molar-refractivity contribution in [2.75, 3.05) is 5.73 Å². The van der Waals surface area contributed by atoms with E-state index in [0.717, 1.165) is 10.2 Å². The van der Waals surface area contributed by atoms with E-state index in [1.807, 2.05) is 12.1 Å². The van der Waals surface area contributed by atoms with Crippen molar-refractivity contribution in [2.24, 2.45) is 0 Å². The first-order chi connectivity index (χ1) is 5.11. The molecule has 0 saturated carbocycles. The maximum absolute atomic E-state index is 5.68. The molecular weight excluding hydrogens is 204 g/mol. The molecule has 1 rings (SSSR count). The lowest BCUT2D eigenvalue weighted by molar-refractivity contribution is 0.861. The van der Waals surface area contributed by atoms with E-state index in [2.05, 4.69) is 34.8 Å². The van der Waals surface area contributed by atoms with Crippen molar-refractivity contribution in [3.8, 4) is 0 Å². The zero-order chi connectivity index (χ0) is 8.43. The molecule has 11 heavy (non-hydrogen) atoms. The molecule has 0 bridgehead atoms. The fraction of sp³-hybridized carbons (Fsp3) is 0.375. The summed E-state index contributed by atoms with van der Waals surface area (Å²) in [5, 5.41) is 0. The van der Waals surface area contributed by atoms with Crippen molar-refractivity contribution in [1.82, 2.24) is 4.98 Å². The molecule has 3 heteroatoms. The lowest BCUT2D eigenvalue weighted by Crippen LogP contribution is -1.98. The molecule has 0 aromatic carbocycles. The topological polar surface area (TPSA) is 38.9 Å². The van der Waals surface area contributed by atoms with Crippen LogP contribution in [0, 0.1) is 0 Å². The number of nitrogens with two attached hydrogens (primary N) is 1. The zero-order valence-electron chi connectivity index (χ0n) is 6.63. The van der Waals surface area contributed by atoms with Crippen LogP contribution in [-0.4, -0.2) is 4.98 Å². The van der Waals surface area contributed by atoms with Gasteiger partial charge in [-0.05, 0) is 33.5 Å². The molecule has 0 aliphatic carbocycles. The molecule has 0 aliphatic rings. The Morgan fingerprint density at radius 3 is 2.55 bits per heavy atom. The van der Waals surface area contributed by atoms with E-state index >= 15 is 0 Å². The Labute approximate surface area is 75.0 Å². The number of rotatable bonds is 1. The highest BCUT2D eigenvalue weighted by Crippen LogP contribution is 2.21. The van der Waals surface area contributed by atoms with Crippen LogP contribution in [0.2, 0.25) is 0 Å². The van der Waals surface area contributed by atoms with Crippen molar-refractivity contribution < 1.29 is 0 Å². The molecule has 2 nitrogen and oxygen atoms in total. The van der Waals surface area contributed by atoms with Gasteiger partial charge in [0.05, 0.1) is 0 Å². The number of anilines is 1. The third-order valence-corrected chi connectivity index (χ3v) is 1.99. The summed E-state index contributed by atoms with van der Waals surface area (Å²) in [6, 6.07) is 3.91. The van der Waals surface area contributed by atoms with Crippen LogP contribution in [-0.2, 0) is 0 Å². The Kier molecular flexibility index (Phi) is 2.49. The summed E-state index contributed by atoms with van der Waals surface area (Å²) < 4.78 is 0.791. The van der Waals surface area contributed by atoms with Gasteiger partial charge in [-0.15, -0.1) is 0 Å². The molecule has 0 saturated heterocycles. The van der Waals surface area contributed by atoms with Gasteiger partial charge in [-0.25, -0.2) is 4.98 Å². The second-order valence-electron chi connectivity index (χ2n) is 2.76. The predicted molar refractivity (Wildman–Crippen MR) is 50.4 cm³/mol. The van der Waals surface area contributed by atoms with Gasteiger partial charge in [-0.1, -0.05) is 19.9 Å². The third kappa shape index (κ3) is 1.93. The minimum absolute atomic E-state index is 0.440. The molecule has 2 N–H and O–H groups in total. The van der Waals surface area contributed by atoms with Crippen LogP contribution in [0.4, 0.5) is 5.82 Å². The van der Waals surface area contributed by atoms with Gasteiger partial charge >= 0.3 is 0 Å².